The SMILES string of the molecule is COC(=O)Nc1cccc(C[C@H](N)c2ccccc2-c2noc3ccccc23)n1.Cl. The number of rotatable bonds is 5. The molecule has 0 aliphatic carbocycles. The fourth-order valence-electron chi connectivity index (χ4n) is 3.27. The molecule has 4 aromatic rings. The largest absolute Gasteiger partial charge is 0.453 e. The molecular formula is C22H21ClN4O3. The number of nitrogens with one attached hydrogen (secondary N) is 1. The Labute approximate surface area is 179 Å². The van der Waals surface area contributed by atoms with Crippen molar-refractivity contribution in [2.24, 2.45) is 5.73 Å². The third-order valence-corrected chi connectivity index (χ3v) is 4.64. The van der Waals surface area contributed by atoms with Crippen molar-refractivity contribution in [1.29, 1.82) is 0 Å². The number of para-hydroxylation sites is 1. The molecule has 0 aliphatic heterocycles. The molecule has 3 N–H and O–H groups in total. The number of amides is 1. The number of benzene rings is 2. The zero-order chi connectivity index (χ0) is 20.2. The van der Waals surface area contributed by atoms with Gasteiger partial charge in [0.05, 0.1) is 7.11 Å². The predicted octanol–water partition coefficient (Wildman–Crippen LogP) is 4.73. The third kappa shape index (κ3) is 4.42. The van der Waals surface area contributed by atoms with Crippen LogP contribution in [0.5, 0.6) is 0 Å². The van der Waals surface area contributed by atoms with Gasteiger partial charge >= 0.3 is 6.09 Å². The van der Waals surface area contributed by atoms with Crippen LogP contribution in [0.4, 0.5) is 10.6 Å². The van der Waals surface area contributed by atoms with Crippen LogP contribution in [0.2, 0.25) is 0 Å². The van der Waals surface area contributed by atoms with E-state index in [-0.39, 0.29) is 18.4 Å². The van der Waals surface area contributed by atoms with Crippen LogP contribution in [0, 0.1) is 0 Å². The Morgan fingerprint density at radius 3 is 2.70 bits per heavy atom. The Kier molecular flexibility index (Phi) is 6.66. The van der Waals surface area contributed by atoms with Gasteiger partial charge in [0.15, 0.2) is 5.58 Å². The number of anilines is 1. The molecule has 1 amide bonds. The van der Waals surface area contributed by atoms with E-state index in [0.717, 1.165) is 33.5 Å². The maximum atomic E-state index is 11.4. The van der Waals surface area contributed by atoms with Gasteiger partial charge in [0.2, 0.25) is 0 Å². The molecule has 2 heterocycles. The van der Waals surface area contributed by atoms with Crippen LogP contribution >= 0.6 is 12.4 Å². The molecule has 2 aromatic heterocycles. The summed E-state index contributed by atoms with van der Waals surface area (Å²) in [4.78, 5) is 15.8. The van der Waals surface area contributed by atoms with Crippen LogP contribution in [-0.4, -0.2) is 23.3 Å². The highest BCUT2D eigenvalue weighted by Gasteiger charge is 2.18. The van der Waals surface area contributed by atoms with Crippen LogP contribution in [0.1, 0.15) is 17.3 Å². The summed E-state index contributed by atoms with van der Waals surface area (Å²) < 4.78 is 10.1. The molecule has 8 heteroatoms. The lowest BCUT2D eigenvalue weighted by Crippen LogP contribution is -2.16. The molecule has 0 radical (unpaired) electrons. The van der Waals surface area contributed by atoms with Gasteiger partial charge in [-0.15, -0.1) is 12.4 Å². The van der Waals surface area contributed by atoms with Gasteiger partial charge in [0.1, 0.15) is 11.5 Å². The van der Waals surface area contributed by atoms with Crippen molar-refractivity contribution in [1.82, 2.24) is 10.1 Å². The Morgan fingerprint density at radius 2 is 1.87 bits per heavy atom. The minimum absolute atomic E-state index is 0. The van der Waals surface area contributed by atoms with E-state index >= 15 is 0 Å². The summed E-state index contributed by atoms with van der Waals surface area (Å²) in [7, 11) is 1.31. The first-order valence-electron chi connectivity index (χ1n) is 9.16. The molecule has 0 saturated heterocycles. The van der Waals surface area contributed by atoms with E-state index in [1.807, 2.05) is 60.7 Å². The molecule has 0 spiro atoms. The fourth-order valence-corrected chi connectivity index (χ4v) is 3.27. The molecular weight excluding hydrogens is 404 g/mol. The maximum Gasteiger partial charge on any atom is 0.412 e. The van der Waals surface area contributed by atoms with E-state index in [0.29, 0.717) is 12.2 Å². The van der Waals surface area contributed by atoms with Gasteiger partial charge < -0.3 is 15.0 Å². The second-order valence-corrected chi connectivity index (χ2v) is 6.56. The number of methoxy groups -OCH3 is 1. The summed E-state index contributed by atoms with van der Waals surface area (Å²) in [5.74, 6) is 0.414. The quantitative estimate of drug-likeness (QED) is 0.480. The van der Waals surface area contributed by atoms with Crippen LogP contribution in [0.15, 0.2) is 71.3 Å². The van der Waals surface area contributed by atoms with Gasteiger partial charge in [0, 0.05) is 29.1 Å². The lowest BCUT2D eigenvalue weighted by molar-refractivity contribution is 0.187. The third-order valence-electron chi connectivity index (χ3n) is 4.64. The number of nitrogens with zero attached hydrogens (tertiary/aromatic N) is 2. The maximum absolute atomic E-state index is 11.4. The Morgan fingerprint density at radius 1 is 1.10 bits per heavy atom. The summed E-state index contributed by atoms with van der Waals surface area (Å²) in [5.41, 5.74) is 10.7. The first kappa shape index (κ1) is 21.3. The number of fused-ring (bicyclic) bond motifs is 1. The smallest absolute Gasteiger partial charge is 0.412 e. The van der Waals surface area contributed by atoms with E-state index in [9.17, 15) is 4.79 Å². The molecule has 30 heavy (non-hydrogen) atoms. The average Bonchev–Trinajstić information content (AvgIpc) is 3.18. The zero-order valence-electron chi connectivity index (χ0n) is 16.2. The summed E-state index contributed by atoms with van der Waals surface area (Å²) in [6, 6.07) is 20.7. The van der Waals surface area contributed by atoms with E-state index in [4.69, 9.17) is 10.3 Å². The molecule has 0 saturated carbocycles. The van der Waals surface area contributed by atoms with Gasteiger partial charge in [-0.3, -0.25) is 5.32 Å². The van der Waals surface area contributed by atoms with Crippen molar-refractivity contribution in [3.63, 3.8) is 0 Å². The average molecular weight is 425 g/mol. The monoisotopic (exact) mass is 424 g/mol. The van der Waals surface area contributed by atoms with Crippen LogP contribution in [0.25, 0.3) is 22.2 Å². The molecule has 0 fully saturated rings. The number of hydrogen-bond acceptors (Lipinski definition) is 6. The predicted molar refractivity (Wildman–Crippen MR) is 118 cm³/mol. The van der Waals surface area contributed by atoms with Crippen molar-refractivity contribution in [3.05, 3.63) is 78.0 Å². The summed E-state index contributed by atoms with van der Waals surface area (Å²) in [6.07, 6.45) is -0.0778. The van der Waals surface area contributed by atoms with Gasteiger partial charge in [-0.1, -0.05) is 47.6 Å². The minimum atomic E-state index is -0.567. The standard InChI is InChI=1S/C22H20N4O3.ClH/c1-28-22(27)25-20-12-6-7-14(24-20)13-18(23)15-8-2-3-9-16(15)21-17-10-4-5-11-19(17)29-26-21;/h2-12,18H,13,23H2,1H3,(H,24,25,27);1H/t18-;/m0./s1. The number of carbonyl (C=O) groups is 1. The Balaban J connectivity index is 0.00000256. The molecule has 154 valence electrons. The van der Waals surface area contributed by atoms with E-state index in [2.05, 4.69) is 20.2 Å². The molecule has 2 aromatic carbocycles. The van der Waals surface area contributed by atoms with Crippen LogP contribution in [-0.2, 0) is 11.2 Å². The highest BCUT2D eigenvalue weighted by molar-refractivity contribution is 5.92. The number of aromatic nitrogens is 2. The van der Waals surface area contributed by atoms with Crippen LogP contribution < -0.4 is 11.1 Å². The Hall–Kier alpha value is -3.42. The molecule has 0 bridgehead atoms. The van der Waals surface area contributed by atoms with Crippen molar-refractivity contribution in [2.75, 3.05) is 12.4 Å². The zero-order valence-corrected chi connectivity index (χ0v) is 17.1. The minimum Gasteiger partial charge on any atom is -0.453 e. The number of pyridine rings is 1. The van der Waals surface area contributed by atoms with E-state index < -0.39 is 6.09 Å². The first-order chi connectivity index (χ1) is 14.2. The van der Waals surface area contributed by atoms with Gasteiger partial charge in [-0.05, 0) is 29.8 Å². The van der Waals surface area contributed by atoms with Gasteiger partial charge in [-0.25, -0.2) is 9.78 Å². The normalized spacial score (nSPS) is 11.5. The molecule has 0 unspecified atom stereocenters. The highest BCUT2D eigenvalue weighted by atomic mass is 35.5. The van der Waals surface area contributed by atoms with E-state index in [1.54, 1.807) is 6.07 Å². The first-order valence-corrected chi connectivity index (χ1v) is 9.16. The topological polar surface area (TPSA) is 103 Å². The fraction of sp³-hybridized carbons (Fsp3) is 0.136. The van der Waals surface area contributed by atoms with Crippen molar-refractivity contribution in [3.8, 4) is 11.3 Å². The lowest BCUT2D eigenvalue weighted by atomic mass is 9.94. The van der Waals surface area contributed by atoms with Crippen molar-refractivity contribution in [2.45, 2.75) is 12.5 Å². The van der Waals surface area contributed by atoms with Crippen molar-refractivity contribution < 1.29 is 14.1 Å². The second-order valence-electron chi connectivity index (χ2n) is 6.56. The molecule has 0 aliphatic rings. The molecule has 7 nitrogen and oxygen atoms in total. The lowest BCUT2D eigenvalue weighted by Gasteiger charge is -2.16. The van der Waals surface area contributed by atoms with Crippen LogP contribution in [0.3, 0.4) is 0 Å². The Bertz CT molecular complexity index is 1160. The van der Waals surface area contributed by atoms with Gasteiger partial charge in [0.25, 0.3) is 0 Å². The number of hydrogen-bond donors (Lipinski definition) is 2. The highest BCUT2D eigenvalue weighted by Crippen LogP contribution is 2.33. The molecule has 1 atom stereocenters. The molecule has 4 rings (SSSR count). The van der Waals surface area contributed by atoms with Gasteiger partial charge in [-0.2, -0.15) is 0 Å². The number of nitrogens with two attached hydrogens (primary N) is 1. The summed E-state index contributed by atoms with van der Waals surface area (Å²) in [5, 5.41) is 7.77. The number of carbonyl (C=O) groups excluding carboxylic acids is 1. The number of halogens is 1. The van der Waals surface area contributed by atoms with E-state index in [1.165, 1.54) is 7.11 Å². The second kappa shape index (κ2) is 9.39. The summed E-state index contributed by atoms with van der Waals surface area (Å²) in [6.45, 7) is 0. The number of ether oxygens (including phenoxy) is 1. The summed E-state index contributed by atoms with van der Waals surface area (Å²) >= 11 is 0. The van der Waals surface area contributed by atoms with Crippen molar-refractivity contribution >= 4 is 35.3 Å².